The van der Waals surface area contributed by atoms with Crippen LogP contribution in [0.25, 0.3) is 10.8 Å². The Morgan fingerprint density at radius 2 is 1.81 bits per heavy atom. The fourth-order valence-corrected chi connectivity index (χ4v) is 3.38. The van der Waals surface area contributed by atoms with E-state index in [2.05, 4.69) is 59.6 Å². The summed E-state index contributed by atoms with van der Waals surface area (Å²) in [7, 11) is 0. The number of nitrogens with one attached hydrogen (secondary N) is 1. The maximum atomic E-state index is 3.77. The second kappa shape index (κ2) is 7.06. The van der Waals surface area contributed by atoms with Gasteiger partial charge in [-0.3, -0.25) is 0 Å². The van der Waals surface area contributed by atoms with Gasteiger partial charge >= 0.3 is 0 Å². The van der Waals surface area contributed by atoms with Gasteiger partial charge < -0.3 is 10.2 Å². The highest BCUT2D eigenvalue weighted by Crippen LogP contribution is 2.19. The predicted molar refractivity (Wildman–Crippen MR) is 90.5 cm³/mol. The number of rotatable bonds is 5. The summed E-state index contributed by atoms with van der Waals surface area (Å²) in [6.45, 7) is 7.02. The van der Waals surface area contributed by atoms with Crippen LogP contribution in [0, 0.1) is 0 Å². The van der Waals surface area contributed by atoms with Gasteiger partial charge in [0.1, 0.15) is 0 Å². The van der Waals surface area contributed by atoms with Crippen LogP contribution in [0.15, 0.2) is 42.5 Å². The first-order chi connectivity index (χ1) is 10.4. The van der Waals surface area contributed by atoms with Gasteiger partial charge in [-0.1, -0.05) is 49.4 Å². The van der Waals surface area contributed by atoms with Crippen molar-refractivity contribution in [1.82, 2.24) is 10.2 Å². The zero-order chi connectivity index (χ0) is 14.5. The first-order valence-electron chi connectivity index (χ1n) is 8.29. The molecule has 0 saturated carbocycles. The fourth-order valence-electron chi connectivity index (χ4n) is 3.38. The molecule has 3 rings (SSSR count). The molecular formula is C19H26N2. The van der Waals surface area contributed by atoms with Crippen LogP contribution in [0.1, 0.15) is 31.7 Å². The SMILES string of the molecule is CCCN1CCC(NCc2cccc3ccccc23)CC1. The van der Waals surface area contributed by atoms with Gasteiger partial charge in [-0.2, -0.15) is 0 Å². The first kappa shape index (κ1) is 14.6. The van der Waals surface area contributed by atoms with Gasteiger partial charge in [0.15, 0.2) is 0 Å². The van der Waals surface area contributed by atoms with E-state index in [9.17, 15) is 0 Å². The standard InChI is InChI=1S/C19H26N2/c1-2-12-21-13-10-18(11-14-21)20-15-17-8-5-7-16-6-3-4-9-19(16)17/h3-9,18,20H,2,10-15H2,1H3. The molecule has 1 saturated heterocycles. The van der Waals surface area contributed by atoms with Gasteiger partial charge in [-0.05, 0) is 55.2 Å². The number of piperidine rings is 1. The lowest BCUT2D eigenvalue weighted by Crippen LogP contribution is -2.42. The van der Waals surface area contributed by atoms with E-state index in [1.807, 2.05) is 0 Å². The third kappa shape index (κ3) is 3.63. The Morgan fingerprint density at radius 3 is 2.62 bits per heavy atom. The van der Waals surface area contributed by atoms with Crippen LogP contribution in [0.5, 0.6) is 0 Å². The average molecular weight is 282 g/mol. The Kier molecular flexibility index (Phi) is 4.89. The molecule has 0 aliphatic carbocycles. The highest BCUT2D eigenvalue weighted by molar-refractivity contribution is 5.85. The molecule has 112 valence electrons. The van der Waals surface area contributed by atoms with Gasteiger partial charge in [0.25, 0.3) is 0 Å². The lowest BCUT2D eigenvalue weighted by atomic mass is 10.0. The van der Waals surface area contributed by atoms with Gasteiger partial charge in [0, 0.05) is 12.6 Å². The minimum atomic E-state index is 0.678. The van der Waals surface area contributed by atoms with Crippen molar-refractivity contribution in [3.63, 3.8) is 0 Å². The van der Waals surface area contributed by atoms with Crippen LogP contribution in [0.2, 0.25) is 0 Å². The Balaban J connectivity index is 1.58. The molecule has 0 bridgehead atoms. The Hall–Kier alpha value is -1.38. The lowest BCUT2D eigenvalue weighted by Gasteiger charge is -2.32. The van der Waals surface area contributed by atoms with Gasteiger partial charge in [-0.15, -0.1) is 0 Å². The maximum absolute atomic E-state index is 3.77. The van der Waals surface area contributed by atoms with Crippen molar-refractivity contribution in [2.24, 2.45) is 0 Å². The molecular weight excluding hydrogens is 256 g/mol. The van der Waals surface area contributed by atoms with E-state index in [1.54, 1.807) is 0 Å². The maximum Gasteiger partial charge on any atom is 0.0214 e. The van der Waals surface area contributed by atoms with Crippen molar-refractivity contribution in [1.29, 1.82) is 0 Å². The van der Waals surface area contributed by atoms with E-state index in [0.717, 1.165) is 6.54 Å². The van der Waals surface area contributed by atoms with Crippen LogP contribution >= 0.6 is 0 Å². The highest BCUT2D eigenvalue weighted by Gasteiger charge is 2.17. The summed E-state index contributed by atoms with van der Waals surface area (Å²) in [6, 6.07) is 16.0. The average Bonchev–Trinajstić information content (AvgIpc) is 2.54. The lowest BCUT2D eigenvalue weighted by molar-refractivity contribution is 0.197. The van der Waals surface area contributed by atoms with Crippen molar-refractivity contribution in [3.8, 4) is 0 Å². The van der Waals surface area contributed by atoms with E-state index < -0.39 is 0 Å². The summed E-state index contributed by atoms with van der Waals surface area (Å²) in [4.78, 5) is 2.59. The molecule has 1 fully saturated rings. The summed E-state index contributed by atoms with van der Waals surface area (Å²) >= 11 is 0. The minimum absolute atomic E-state index is 0.678. The largest absolute Gasteiger partial charge is 0.310 e. The number of hydrogen-bond acceptors (Lipinski definition) is 2. The minimum Gasteiger partial charge on any atom is -0.310 e. The summed E-state index contributed by atoms with van der Waals surface area (Å²) in [6.07, 6.45) is 3.84. The Morgan fingerprint density at radius 1 is 1.05 bits per heavy atom. The van der Waals surface area contributed by atoms with Gasteiger partial charge in [0.2, 0.25) is 0 Å². The van der Waals surface area contributed by atoms with Crippen molar-refractivity contribution < 1.29 is 0 Å². The highest BCUT2D eigenvalue weighted by atomic mass is 15.1. The van der Waals surface area contributed by atoms with E-state index >= 15 is 0 Å². The van der Waals surface area contributed by atoms with Crippen molar-refractivity contribution >= 4 is 10.8 Å². The Bertz CT molecular complexity index is 565. The quantitative estimate of drug-likeness (QED) is 0.897. The molecule has 2 aromatic carbocycles. The van der Waals surface area contributed by atoms with E-state index in [4.69, 9.17) is 0 Å². The third-order valence-corrected chi connectivity index (χ3v) is 4.59. The normalized spacial score (nSPS) is 17.4. The fraction of sp³-hybridized carbons (Fsp3) is 0.474. The van der Waals surface area contributed by atoms with Gasteiger partial charge in [0.05, 0.1) is 0 Å². The van der Waals surface area contributed by atoms with E-state index in [1.165, 1.54) is 55.2 Å². The second-order valence-electron chi connectivity index (χ2n) is 6.14. The third-order valence-electron chi connectivity index (χ3n) is 4.59. The molecule has 0 spiro atoms. The Labute approximate surface area is 128 Å². The number of benzene rings is 2. The van der Waals surface area contributed by atoms with Crippen molar-refractivity contribution in [2.75, 3.05) is 19.6 Å². The number of nitrogens with zero attached hydrogens (tertiary/aromatic N) is 1. The number of hydrogen-bond donors (Lipinski definition) is 1. The molecule has 1 heterocycles. The molecule has 21 heavy (non-hydrogen) atoms. The predicted octanol–water partition coefficient (Wildman–Crippen LogP) is 3.80. The monoisotopic (exact) mass is 282 g/mol. The molecule has 0 unspecified atom stereocenters. The van der Waals surface area contributed by atoms with Gasteiger partial charge in [-0.25, -0.2) is 0 Å². The van der Waals surface area contributed by atoms with E-state index in [0.29, 0.717) is 6.04 Å². The van der Waals surface area contributed by atoms with Crippen LogP contribution < -0.4 is 5.32 Å². The van der Waals surface area contributed by atoms with Crippen LogP contribution in [0.3, 0.4) is 0 Å². The molecule has 0 atom stereocenters. The summed E-state index contributed by atoms with van der Waals surface area (Å²) in [5.74, 6) is 0. The molecule has 2 aromatic rings. The molecule has 0 amide bonds. The molecule has 2 heteroatoms. The summed E-state index contributed by atoms with van der Waals surface area (Å²) in [5, 5.41) is 6.49. The molecule has 2 nitrogen and oxygen atoms in total. The zero-order valence-electron chi connectivity index (χ0n) is 13.0. The molecule has 0 radical (unpaired) electrons. The second-order valence-corrected chi connectivity index (χ2v) is 6.14. The first-order valence-corrected chi connectivity index (χ1v) is 8.29. The van der Waals surface area contributed by atoms with E-state index in [-0.39, 0.29) is 0 Å². The van der Waals surface area contributed by atoms with Crippen molar-refractivity contribution in [2.45, 2.75) is 38.8 Å². The molecule has 1 aliphatic heterocycles. The summed E-state index contributed by atoms with van der Waals surface area (Å²) in [5.41, 5.74) is 1.42. The molecule has 1 N–H and O–H groups in total. The molecule has 1 aliphatic rings. The smallest absolute Gasteiger partial charge is 0.0214 e. The van der Waals surface area contributed by atoms with Crippen LogP contribution in [-0.4, -0.2) is 30.6 Å². The zero-order valence-corrected chi connectivity index (χ0v) is 13.0. The molecule has 0 aromatic heterocycles. The number of fused-ring (bicyclic) bond motifs is 1. The summed E-state index contributed by atoms with van der Waals surface area (Å²) < 4.78 is 0. The number of likely N-dealkylation sites (tertiary alicyclic amines) is 1. The van der Waals surface area contributed by atoms with Crippen LogP contribution in [0.4, 0.5) is 0 Å². The van der Waals surface area contributed by atoms with Crippen LogP contribution in [-0.2, 0) is 6.54 Å². The van der Waals surface area contributed by atoms with Crippen molar-refractivity contribution in [3.05, 3.63) is 48.0 Å². The topological polar surface area (TPSA) is 15.3 Å².